The first-order valence-electron chi connectivity index (χ1n) is 6.07. The summed E-state index contributed by atoms with van der Waals surface area (Å²) in [5.41, 5.74) is 7.30. The molecule has 0 aromatic heterocycles. The van der Waals surface area contributed by atoms with Gasteiger partial charge in [0.25, 0.3) is 0 Å². The highest BCUT2D eigenvalue weighted by Crippen LogP contribution is 2.16. The number of hydrogen-bond acceptors (Lipinski definition) is 4. The molecular weight excluding hydrogens is 268 g/mol. The number of anilines is 1. The lowest BCUT2D eigenvalue weighted by Gasteiger charge is -2.23. The van der Waals surface area contributed by atoms with E-state index in [-0.39, 0.29) is 6.61 Å². The molecule has 4 N–H and O–H groups in total. The minimum atomic E-state index is -1.01. The average Bonchev–Trinajstić information content (AvgIpc) is 2.39. The van der Waals surface area contributed by atoms with Crippen molar-refractivity contribution in [1.82, 2.24) is 0 Å². The number of benzene rings is 1. The third-order valence-electron chi connectivity index (χ3n) is 2.80. The van der Waals surface area contributed by atoms with Crippen LogP contribution in [0.15, 0.2) is 24.3 Å². The summed E-state index contributed by atoms with van der Waals surface area (Å²) < 4.78 is 0. The van der Waals surface area contributed by atoms with Crippen LogP contribution in [0, 0.1) is 0 Å². The number of aliphatic carboxylic acids is 1. The van der Waals surface area contributed by atoms with Crippen molar-refractivity contribution >= 4 is 23.3 Å². The quantitative estimate of drug-likeness (QED) is 0.612. The van der Waals surface area contributed by atoms with Gasteiger partial charge in [0.15, 0.2) is 0 Å². The average molecular weight is 287 g/mol. The first-order valence-corrected chi connectivity index (χ1v) is 6.61. The van der Waals surface area contributed by atoms with Gasteiger partial charge >= 0.3 is 5.97 Å². The number of alkyl halides is 1. The van der Waals surface area contributed by atoms with Crippen molar-refractivity contribution in [2.24, 2.45) is 5.73 Å². The zero-order valence-corrected chi connectivity index (χ0v) is 11.4. The predicted molar refractivity (Wildman–Crippen MR) is 75.8 cm³/mol. The van der Waals surface area contributed by atoms with Crippen molar-refractivity contribution in [3.63, 3.8) is 0 Å². The third kappa shape index (κ3) is 5.06. The number of hydrogen-bond donors (Lipinski definition) is 3. The van der Waals surface area contributed by atoms with E-state index < -0.39 is 12.0 Å². The number of nitrogens with two attached hydrogens (primary N) is 1. The molecule has 1 rings (SSSR count). The van der Waals surface area contributed by atoms with E-state index in [2.05, 4.69) is 0 Å². The maximum absolute atomic E-state index is 10.7. The molecule has 0 bridgehead atoms. The van der Waals surface area contributed by atoms with Gasteiger partial charge in [-0.3, -0.25) is 4.79 Å². The van der Waals surface area contributed by atoms with Crippen molar-refractivity contribution in [3.05, 3.63) is 29.8 Å². The Bertz CT molecular complexity index is 391. The minimum absolute atomic E-state index is 0.0581. The molecule has 0 heterocycles. The Labute approximate surface area is 117 Å². The highest BCUT2D eigenvalue weighted by molar-refractivity contribution is 6.18. The molecule has 1 atom stereocenters. The Morgan fingerprint density at radius 3 is 2.42 bits per heavy atom. The lowest BCUT2D eigenvalue weighted by atomic mass is 10.1. The molecule has 0 spiro atoms. The number of aliphatic hydroxyl groups is 1. The first kappa shape index (κ1) is 15.8. The molecule has 0 saturated carbocycles. The van der Waals surface area contributed by atoms with Crippen molar-refractivity contribution in [2.45, 2.75) is 12.5 Å². The lowest BCUT2D eigenvalue weighted by molar-refractivity contribution is -0.138. The zero-order chi connectivity index (χ0) is 14.3. The predicted octanol–water partition coefficient (Wildman–Crippen LogP) is 0.678. The molecule has 1 aromatic carbocycles. The number of carboxylic acid groups (broad SMARTS) is 1. The molecule has 1 unspecified atom stereocenters. The van der Waals surface area contributed by atoms with Gasteiger partial charge in [-0.1, -0.05) is 12.1 Å². The van der Waals surface area contributed by atoms with Crippen molar-refractivity contribution in [3.8, 4) is 0 Å². The summed E-state index contributed by atoms with van der Waals surface area (Å²) in [6.45, 7) is 1.22. The lowest BCUT2D eigenvalue weighted by Crippen LogP contribution is -2.32. The summed E-state index contributed by atoms with van der Waals surface area (Å²) in [7, 11) is 0. The molecule has 0 aliphatic heterocycles. The monoisotopic (exact) mass is 286 g/mol. The topological polar surface area (TPSA) is 86.8 Å². The van der Waals surface area contributed by atoms with E-state index in [9.17, 15) is 4.79 Å². The fourth-order valence-electron chi connectivity index (χ4n) is 1.78. The van der Waals surface area contributed by atoms with Crippen LogP contribution >= 0.6 is 11.6 Å². The van der Waals surface area contributed by atoms with Crippen LogP contribution in [0.5, 0.6) is 0 Å². The summed E-state index contributed by atoms with van der Waals surface area (Å²) in [5.74, 6) is -0.529. The van der Waals surface area contributed by atoms with E-state index >= 15 is 0 Å². The maximum Gasteiger partial charge on any atom is 0.320 e. The molecule has 0 aliphatic carbocycles. The van der Waals surface area contributed by atoms with Crippen LogP contribution in [-0.2, 0) is 11.2 Å². The van der Waals surface area contributed by atoms with Crippen molar-refractivity contribution in [2.75, 3.05) is 30.5 Å². The second kappa shape index (κ2) is 7.99. The fraction of sp³-hybridized carbons (Fsp3) is 0.462. The normalized spacial score (nSPS) is 12.2. The van der Waals surface area contributed by atoms with Crippen LogP contribution in [0.4, 0.5) is 5.69 Å². The van der Waals surface area contributed by atoms with E-state index in [1.807, 2.05) is 29.2 Å². The number of rotatable bonds is 8. The van der Waals surface area contributed by atoms with Crippen molar-refractivity contribution < 1.29 is 15.0 Å². The number of carboxylic acids is 1. The molecule has 0 radical (unpaired) electrons. The molecule has 0 amide bonds. The molecule has 0 aliphatic rings. The van der Waals surface area contributed by atoms with Gasteiger partial charge in [-0.25, -0.2) is 0 Å². The Hall–Kier alpha value is -1.30. The molecule has 5 nitrogen and oxygen atoms in total. The van der Waals surface area contributed by atoms with Gasteiger partial charge in [0.05, 0.1) is 6.61 Å². The van der Waals surface area contributed by atoms with Crippen LogP contribution in [0.1, 0.15) is 5.56 Å². The minimum Gasteiger partial charge on any atom is -0.480 e. The molecule has 1 aromatic rings. The van der Waals surface area contributed by atoms with Crippen LogP contribution in [0.25, 0.3) is 0 Å². The Balaban J connectivity index is 2.71. The van der Waals surface area contributed by atoms with E-state index in [0.717, 1.165) is 11.3 Å². The number of aliphatic hydroxyl groups excluding tert-OH is 1. The summed E-state index contributed by atoms with van der Waals surface area (Å²) >= 11 is 5.71. The van der Waals surface area contributed by atoms with Crippen LogP contribution in [0.2, 0.25) is 0 Å². The van der Waals surface area contributed by atoms with Gasteiger partial charge < -0.3 is 20.8 Å². The molecule has 19 heavy (non-hydrogen) atoms. The van der Waals surface area contributed by atoms with Crippen molar-refractivity contribution in [1.29, 1.82) is 0 Å². The number of halogens is 1. The molecular formula is C13H19ClN2O3. The fourth-order valence-corrected chi connectivity index (χ4v) is 1.98. The van der Waals surface area contributed by atoms with E-state index in [1.165, 1.54) is 0 Å². The number of nitrogens with zero attached hydrogens (tertiary/aromatic N) is 1. The van der Waals surface area contributed by atoms with Gasteiger partial charge in [0.2, 0.25) is 0 Å². The zero-order valence-electron chi connectivity index (χ0n) is 10.6. The van der Waals surface area contributed by atoms with Crippen LogP contribution in [0.3, 0.4) is 0 Å². The highest BCUT2D eigenvalue weighted by atomic mass is 35.5. The Morgan fingerprint density at radius 1 is 1.32 bits per heavy atom. The molecule has 0 fully saturated rings. The van der Waals surface area contributed by atoms with Gasteiger partial charge in [0.1, 0.15) is 6.04 Å². The molecule has 6 heteroatoms. The third-order valence-corrected chi connectivity index (χ3v) is 2.97. The second-order valence-corrected chi connectivity index (χ2v) is 4.59. The summed E-state index contributed by atoms with van der Waals surface area (Å²) in [4.78, 5) is 12.6. The van der Waals surface area contributed by atoms with Gasteiger partial charge in [-0.15, -0.1) is 11.6 Å². The smallest absolute Gasteiger partial charge is 0.320 e. The summed E-state index contributed by atoms with van der Waals surface area (Å²) in [5, 5.41) is 17.7. The standard InChI is InChI=1S/C13H19ClN2O3/c14-5-6-16(7-8-17)11-3-1-10(2-4-11)9-12(15)13(18)19/h1-4,12,17H,5-9,15H2,(H,18,19). The van der Waals surface area contributed by atoms with E-state index in [4.69, 9.17) is 27.5 Å². The van der Waals surface area contributed by atoms with Crippen LogP contribution in [-0.4, -0.2) is 47.8 Å². The Kier molecular flexibility index (Phi) is 6.62. The first-order chi connectivity index (χ1) is 9.08. The summed E-state index contributed by atoms with van der Waals surface area (Å²) in [6, 6.07) is 6.56. The molecule has 0 saturated heterocycles. The highest BCUT2D eigenvalue weighted by Gasteiger charge is 2.12. The maximum atomic E-state index is 10.7. The van der Waals surface area contributed by atoms with E-state index in [1.54, 1.807) is 0 Å². The van der Waals surface area contributed by atoms with Gasteiger partial charge in [0, 0.05) is 24.7 Å². The SMILES string of the molecule is NC(Cc1ccc(N(CCO)CCCl)cc1)C(=O)O. The molecule has 106 valence electrons. The summed E-state index contributed by atoms with van der Waals surface area (Å²) in [6.07, 6.45) is 0.297. The largest absolute Gasteiger partial charge is 0.480 e. The van der Waals surface area contributed by atoms with Crippen LogP contribution < -0.4 is 10.6 Å². The second-order valence-electron chi connectivity index (χ2n) is 4.21. The van der Waals surface area contributed by atoms with Gasteiger partial charge in [-0.2, -0.15) is 0 Å². The van der Waals surface area contributed by atoms with Gasteiger partial charge in [-0.05, 0) is 24.1 Å². The Morgan fingerprint density at radius 2 is 1.95 bits per heavy atom. The van der Waals surface area contributed by atoms with E-state index in [0.29, 0.717) is 25.4 Å². The number of carbonyl (C=O) groups is 1.